The van der Waals surface area contributed by atoms with Crippen molar-refractivity contribution >= 4 is 23.4 Å². The summed E-state index contributed by atoms with van der Waals surface area (Å²) in [7, 11) is 0. The molecule has 2 rings (SSSR count). The van der Waals surface area contributed by atoms with Gasteiger partial charge in [-0.05, 0) is 37.2 Å². The van der Waals surface area contributed by atoms with Gasteiger partial charge in [-0.25, -0.2) is 0 Å². The summed E-state index contributed by atoms with van der Waals surface area (Å²) >= 11 is -0.336. The normalized spacial score (nSPS) is 22.4. The molecular weight excluding hydrogens is 341 g/mol. The number of carbonyl (C=O) groups excluding carboxylic acids is 1. The third kappa shape index (κ3) is 6.33. The summed E-state index contributed by atoms with van der Waals surface area (Å²) in [5.41, 5.74) is -2.97. The van der Waals surface area contributed by atoms with Crippen molar-refractivity contribution in [1.29, 1.82) is 0 Å². The first kappa shape index (κ1) is 19.1. The van der Waals surface area contributed by atoms with E-state index in [1.807, 2.05) is 26.0 Å². The van der Waals surface area contributed by atoms with Gasteiger partial charge in [-0.15, -0.1) is 0 Å². The Hall–Kier alpha value is -1.25. The molecule has 134 valence electrons. The highest BCUT2D eigenvalue weighted by atomic mass is 32.2. The van der Waals surface area contributed by atoms with Crippen LogP contribution in [-0.4, -0.2) is 47.4 Å². The van der Waals surface area contributed by atoms with E-state index < -0.39 is 17.2 Å². The van der Waals surface area contributed by atoms with Crippen molar-refractivity contribution in [2.75, 3.05) is 24.2 Å². The number of nitrogens with zero attached hydrogens (tertiary/aromatic N) is 1. The van der Waals surface area contributed by atoms with E-state index in [0.717, 1.165) is 18.7 Å². The van der Waals surface area contributed by atoms with Crippen LogP contribution in [0.4, 0.5) is 18.9 Å². The first-order valence-electron chi connectivity index (χ1n) is 7.69. The maximum Gasteiger partial charge on any atom is 0.442 e. The molecule has 0 aliphatic carbocycles. The number of anilines is 1. The molecule has 8 heteroatoms. The Balaban J connectivity index is 1.98. The number of carbonyl (C=O) groups is 1. The Morgan fingerprint density at radius 3 is 2.54 bits per heavy atom. The third-order valence-electron chi connectivity index (χ3n) is 3.55. The second kappa shape index (κ2) is 8.22. The van der Waals surface area contributed by atoms with Crippen molar-refractivity contribution in [2.24, 2.45) is 0 Å². The van der Waals surface area contributed by atoms with Gasteiger partial charge in [0.1, 0.15) is 0 Å². The van der Waals surface area contributed by atoms with Crippen molar-refractivity contribution in [3.05, 3.63) is 29.8 Å². The molecule has 2 atom stereocenters. The number of thioether (sulfide) groups is 1. The zero-order chi connectivity index (χ0) is 17.7. The summed E-state index contributed by atoms with van der Waals surface area (Å²) in [6.45, 7) is 6.17. The zero-order valence-corrected chi connectivity index (χ0v) is 14.4. The van der Waals surface area contributed by atoms with Crippen molar-refractivity contribution in [3.63, 3.8) is 0 Å². The molecule has 1 aliphatic rings. The fourth-order valence-electron chi connectivity index (χ4n) is 2.77. The molecule has 0 spiro atoms. The highest BCUT2D eigenvalue weighted by Crippen LogP contribution is 2.30. The van der Waals surface area contributed by atoms with Crippen LogP contribution in [0, 0.1) is 0 Å². The van der Waals surface area contributed by atoms with Crippen LogP contribution in [-0.2, 0) is 16.1 Å². The Bertz CT molecular complexity index is 558. The number of benzene rings is 1. The molecule has 1 fully saturated rings. The van der Waals surface area contributed by atoms with Crippen molar-refractivity contribution in [3.8, 4) is 0 Å². The number of halogens is 3. The number of hydrogen-bond donors (Lipinski definition) is 1. The number of rotatable bonds is 5. The lowest BCUT2D eigenvalue weighted by Crippen LogP contribution is -2.44. The lowest BCUT2D eigenvalue weighted by Gasteiger charge is -2.35. The van der Waals surface area contributed by atoms with Crippen LogP contribution < -0.4 is 5.32 Å². The second-order valence-electron chi connectivity index (χ2n) is 5.89. The maximum atomic E-state index is 12.2. The van der Waals surface area contributed by atoms with Gasteiger partial charge in [-0.2, -0.15) is 13.2 Å². The number of nitrogens with one attached hydrogen (secondary N) is 1. The fourth-order valence-corrected chi connectivity index (χ4v) is 3.14. The number of amides is 1. The molecule has 0 aromatic heterocycles. The molecule has 1 saturated heterocycles. The molecule has 2 unspecified atom stereocenters. The molecule has 0 saturated carbocycles. The molecule has 0 radical (unpaired) electrons. The third-order valence-corrected chi connectivity index (χ3v) is 4.28. The smallest absolute Gasteiger partial charge is 0.373 e. The van der Waals surface area contributed by atoms with Gasteiger partial charge in [-0.1, -0.05) is 18.2 Å². The number of hydrogen-bond acceptors (Lipinski definition) is 4. The molecule has 1 N–H and O–H groups in total. The highest BCUT2D eigenvalue weighted by molar-refractivity contribution is 8.00. The molecule has 1 aromatic rings. The van der Waals surface area contributed by atoms with Crippen LogP contribution in [0.1, 0.15) is 19.4 Å². The van der Waals surface area contributed by atoms with Gasteiger partial charge in [0.15, 0.2) is 0 Å². The lowest BCUT2D eigenvalue weighted by atomic mass is 10.1. The topological polar surface area (TPSA) is 41.6 Å². The van der Waals surface area contributed by atoms with E-state index in [-0.39, 0.29) is 24.0 Å². The summed E-state index contributed by atoms with van der Waals surface area (Å²) in [6, 6.07) is 7.18. The lowest BCUT2D eigenvalue weighted by molar-refractivity contribution is -0.114. The van der Waals surface area contributed by atoms with E-state index in [1.54, 1.807) is 12.1 Å². The number of alkyl halides is 3. The van der Waals surface area contributed by atoms with Crippen LogP contribution in [0.15, 0.2) is 24.3 Å². The first-order chi connectivity index (χ1) is 11.2. The molecule has 1 aromatic carbocycles. The molecule has 1 amide bonds. The number of ether oxygens (including phenoxy) is 1. The average molecular weight is 362 g/mol. The minimum absolute atomic E-state index is 0.124. The summed E-state index contributed by atoms with van der Waals surface area (Å²) in [4.78, 5) is 14.0. The summed E-state index contributed by atoms with van der Waals surface area (Å²) < 4.78 is 42.2. The van der Waals surface area contributed by atoms with Crippen LogP contribution in [0.2, 0.25) is 0 Å². The predicted molar refractivity (Wildman–Crippen MR) is 88.9 cm³/mol. The summed E-state index contributed by atoms with van der Waals surface area (Å²) in [5.74, 6) is -1.31. The van der Waals surface area contributed by atoms with Gasteiger partial charge in [0.2, 0.25) is 5.91 Å². The van der Waals surface area contributed by atoms with Crippen LogP contribution in [0.5, 0.6) is 0 Å². The van der Waals surface area contributed by atoms with Gasteiger partial charge in [0, 0.05) is 25.3 Å². The van der Waals surface area contributed by atoms with E-state index in [2.05, 4.69) is 10.2 Å². The molecule has 1 heterocycles. The SMILES string of the molecule is CC1CN(Cc2ccccc2NC(=O)CSC(F)(F)F)CC(C)O1. The minimum Gasteiger partial charge on any atom is -0.373 e. The molecule has 24 heavy (non-hydrogen) atoms. The number of morpholine rings is 1. The summed E-state index contributed by atoms with van der Waals surface area (Å²) in [6.07, 6.45) is 0.248. The Labute approximate surface area is 143 Å². The van der Waals surface area contributed by atoms with Gasteiger partial charge in [0.25, 0.3) is 0 Å². The fraction of sp³-hybridized carbons (Fsp3) is 0.562. The average Bonchev–Trinajstić information content (AvgIpc) is 2.45. The van der Waals surface area contributed by atoms with E-state index in [1.165, 1.54) is 0 Å². The van der Waals surface area contributed by atoms with E-state index in [0.29, 0.717) is 12.2 Å². The van der Waals surface area contributed by atoms with Crippen LogP contribution >= 0.6 is 11.8 Å². The summed E-state index contributed by atoms with van der Waals surface area (Å²) in [5, 5.41) is 2.58. The predicted octanol–water partition coefficient (Wildman–Crippen LogP) is 3.49. The minimum atomic E-state index is -4.41. The molecule has 4 nitrogen and oxygen atoms in total. The highest BCUT2D eigenvalue weighted by Gasteiger charge is 2.29. The Kier molecular flexibility index (Phi) is 6.54. The van der Waals surface area contributed by atoms with Gasteiger partial charge < -0.3 is 10.1 Å². The van der Waals surface area contributed by atoms with E-state index in [4.69, 9.17) is 4.74 Å². The van der Waals surface area contributed by atoms with Crippen molar-refractivity contribution in [2.45, 2.75) is 38.1 Å². The van der Waals surface area contributed by atoms with Crippen molar-refractivity contribution in [1.82, 2.24) is 4.90 Å². The maximum absolute atomic E-state index is 12.2. The largest absolute Gasteiger partial charge is 0.442 e. The Morgan fingerprint density at radius 1 is 1.29 bits per heavy atom. The number of para-hydroxylation sites is 1. The second-order valence-corrected chi connectivity index (χ2v) is 6.93. The van der Waals surface area contributed by atoms with E-state index in [9.17, 15) is 18.0 Å². The first-order valence-corrected chi connectivity index (χ1v) is 8.68. The quantitative estimate of drug-likeness (QED) is 0.871. The van der Waals surface area contributed by atoms with Crippen LogP contribution in [0.25, 0.3) is 0 Å². The van der Waals surface area contributed by atoms with E-state index >= 15 is 0 Å². The zero-order valence-electron chi connectivity index (χ0n) is 13.6. The van der Waals surface area contributed by atoms with Crippen molar-refractivity contribution < 1.29 is 22.7 Å². The van der Waals surface area contributed by atoms with Gasteiger partial charge >= 0.3 is 5.51 Å². The van der Waals surface area contributed by atoms with Gasteiger partial charge in [0.05, 0.1) is 18.0 Å². The molecular formula is C16H21F3N2O2S. The van der Waals surface area contributed by atoms with Gasteiger partial charge in [-0.3, -0.25) is 9.69 Å². The molecule has 0 bridgehead atoms. The van der Waals surface area contributed by atoms with Crippen LogP contribution in [0.3, 0.4) is 0 Å². The Morgan fingerprint density at radius 2 is 1.92 bits per heavy atom. The molecule has 1 aliphatic heterocycles. The standard InChI is InChI=1S/C16H21F3N2O2S/c1-11-7-21(8-12(2)23-11)9-13-5-3-4-6-14(13)20-15(22)10-24-16(17,18)19/h3-6,11-12H,7-10H2,1-2H3,(H,20,22). The monoisotopic (exact) mass is 362 g/mol.